The topological polar surface area (TPSA) is 30.0 Å². The molecule has 0 spiro atoms. The van der Waals surface area contributed by atoms with Crippen molar-refractivity contribution in [3.05, 3.63) is 38.0 Å². The first-order chi connectivity index (χ1) is 8.25. The van der Waals surface area contributed by atoms with E-state index in [1.807, 2.05) is 12.3 Å². The Labute approximate surface area is 108 Å². The number of aryl methyl sites for hydroxylation is 2. The largest absolute Gasteiger partial charge is 0.292 e. The molecule has 0 amide bonds. The first kappa shape index (κ1) is 11.1. The molecule has 0 radical (unpaired) electrons. The van der Waals surface area contributed by atoms with Crippen LogP contribution in [0.4, 0.5) is 0 Å². The predicted molar refractivity (Wildman–Crippen MR) is 71.2 cm³/mol. The maximum atomic E-state index is 12.4. The second-order valence-electron chi connectivity index (χ2n) is 4.36. The minimum absolute atomic E-state index is 0.0477. The summed E-state index contributed by atoms with van der Waals surface area (Å²) in [4.78, 5) is 18.1. The molecule has 1 unspecified atom stereocenters. The molecule has 2 aromatic rings. The van der Waals surface area contributed by atoms with Gasteiger partial charge in [0.15, 0.2) is 5.78 Å². The van der Waals surface area contributed by atoms with Gasteiger partial charge in [-0.15, -0.1) is 22.7 Å². The van der Waals surface area contributed by atoms with E-state index in [0.29, 0.717) is 5.69 Å². The van der Waals surface area contributed by atoms with E-state index in [2.05, 4.69) is 16.4 Å². The fraction of sp³-hybridized carbons (Fsp3) is 0.385. The third-order valence-corrected chi connectivity index (χ3v) is 5.01. The standard InChI is InChI=1S/C13H13NOS2/c1-8-14-11(7-17-8)13(15)10-3-2-4-12-9(10)5-6-16-12/h5-7,10H,2-4H2,1H3. The summed E-state index contributed by atoms with van der Waals surface area (Å²) in [5, 5.41) is 4.95. The van der Waals surface area contributed by atoms with Crippen LogP contribution in [0.15, 0.2) is 16.8 Å². The second-order valence-corrected chi connectivity index (χ2v) is 6.42. The summed E-state index contributed by atoms with van der Waals surface area (Å²) < 4.78 is 0. The fourth-order valence-electron chi connectivity index (χ4n) is 2.41. The van der Waals surface area contributed by atoms with Crippen LogP contribution in [0.1, 0.15) is 44.7 Å². The van der Waals surface area contributed by atoms with Crippen LogP contribution in [-0.2, 0) is 6.42 Å². The van der Waals surface area contributed by atoms with Gasteiger partial charge in [0.25, 0.3) is 0 Å². The highest BCUT2D eigenvalue weighted by molar-refractivity contribution is 7.10. The Bertz CT molecular complexity index is 555. The number of ketones is 1. The van der Waals surface area contributed by atoms with E-state index in [9.17, 15) is 4.79 Å². The van der Waals surface area contributed by atoms with Crippen molar-refractivity contribution in [2.45, 2.75) is 32.1 Å². The molecule has 1 aliphatic rings. The number of thiazole rings is 1. The highest BCUT2D eigenvalue weighted by Crippen LogP contribution is 2.36. The van der Waals surface area contributed by atoms with Gasteiger partial charge in [0, 0.05) is 10.3 Å². The van der Waals surface area contributed by atoms with Crippen molar-refractivity contribution < 1.29 is 4.79 Å². The first-order valence-corrected chi connectivity index (χ1v) is 7.54. The lowest BCUT2D eigenvalue weighted by Crippen LogP contribution is -2.17. The lowest BCUT2D eigenvalue weighted by Gasteiger charge is -2.20. The summed E-state index contributed by atoms with van der Waals surface area (Å²) in [5.41, 5.74) is 1.90. The Balaban J connectivity index is 1.94. The molecular formula is C13H13NOS2. The number of nitrogens with zero attached hydrogens (tertiary/aromatic N) is 1. The zero-order valence-corrected chi connectivity index (χ0v) is 11.2. The number of hydrogen-bond acceptors (Lipinski definition) is 4. The van der Waals surface area contributed by atoms with Crippen LogP contribution >= 0.6 is 22.7 Å². The molecule has 88 valence electrons. The van der Waals surface area contributed by atoms with Gasteiger partial charge in [-0.05, 0) is 43.2 Å². The number of fused-ring (bicyclic) bond motifs is 1. The number of hydrogen-bond donors (Lipinski definition) is 0. The Morgan fingerprint density at radius 3 is 3.12 bits per heavy atom. The monoisotopic (exact) mass is 263 g/mol. The van der Waals surface area contributed by atoms with E-state index in [4.69, 9.17) is 0 Å². The molecule has 0 aromatic carbocycles. The van der Waals surface area contributed by atoms with E-state index < -0.39 is 0 Å². The van der Waals surface area contributed by atoms with Gasteiger partial charge in [0.1, 0.15) is 5.69 Å². The van der Waals surface area contributed by atoms with Crippen molar-refractivity contribution in [3.8, 4) is 0 Å². The number of rotatable bonds is 2. The van der Waals surface area contributed by atoms with Crippen LogP contribution in [0.25, 0.3) is 0 Å². The van der Waals surface area contributed by atoms with Crippen LogP contribution in [0.5, 0.6) is 0 Å². The van der Waals surface area contributed by atoms with Gasteiger partial charge in [0.05, 0.1) is 10.9 Å². The first-order valence-electron chi connectivity index (χ1n) is 5.78. The molecule has 1 aliphatic carbocycles. The van der Waals surface area contributed by atoms with Crippen molar-refractivity contribution in [1.82, 2.24) is 4.98 Å². The van der Waals surface area contributed by atoms with Gasteiger partial charge in [-0.2, -0.15) is 0 Å². The molecule has 2 aromatic heterocycles. The summed E-state index contributed by atoms with van der Waals surface area (Å²) in [6.45, 7) is 1.94. The van der Waals surface area contributed by atoms with E-state index >= 15 is 0 Å². The van der Waals surface area contributed by atoms with Crippen LogP contribution < -0.4 is 0 Å². The van der Waals surface area contributed by atoms with Crippen molar-refractivity contribution in [1.29, 1.82) is 0 Å². The summed E-state index contributed by atoms with van der Waals surface area (Å²) in [5.74, 6) is 0.250. The Kier molecular flexibility index (Phi) is 2.84. The molecule has 0 saturated carbocycles. The number of thiophene rings is 1. The molecule has 0 aliphatic heterocycles. The molecule has 0 saturated heterocycles. The Hall–Kier alpha value is -1.00. The predicted octanol–water partition coefficient (Wildman–Crippen LogP) is 3.82. The molecule has 0 N–H and O–H groups in total. The van der Waals surface area contributed by atoms with Gasteiger partial charge in [-0.25, -0.2) is 4.98 Å². The van der Waals surface area contributed by atoms with Gasteiger partial charge in [-0.3, -0.25) is 4.79 Å². The van der Waals surface area contributed by atoms with Crippen LogP contribution in [-0.4, -0.2) is 10.8 Å². The second kappa shape index (κ2) is 4.35. The van der Waals surface area contributed by atoms with Crippen molar-refractivity contribution >= 4 is 28.5 Å². The molecule has 3 rings (SSSR count). The van der Waals surface area contributed by atoms with E-state index in [0.717, 1.165) is 24.3 Å². The normalized spacial score (nSPS) is 19.0. The fourth-order valence-corrected chi connectivity index (χ4v) is 4.00. The summed E-state index contributed by atoms with van der Waals surface area (Å²) >= 11 is 3.33. The average molecular weight is 263 g/mol. The molecule has 1 atom stereocenters. The number of aromatic nitrogens is 1. The van der Waals surface area contributed by atoms with Crippen molar-refractivity contribution in [3.63, 3.8) is 0 Å². The van der Waals surface area contributed by atoms with Gasteiger partial charge < -0.3 is 0 Å². The number of carbonyl (C=O) groups is 1. The third kappa shape index (κ3) is 1.96. The van der Waals surface area contributed by atoms with Crippen LogP contribution in [0.2, 0.25) is 0 Å². The van der Waals surface area contributed by atoms with E-state index in [1.54, 1.807) is 22.7 Å². The molecule has 17 heavy (non-hydrogen) atoms. The minimum Gasteiger partial charge on any atom is -0.292 e. The molecule has 4 heteroatoms. The Morgan fingerprint density at radius 1 is 1.47 bits per heavy atom. The number of carbonyl (C=O) groups excluding carboxylic acids is 1. The zero-order valence-electron chi connectivity index (χ0n) is 9.60. The molecular weight excluding hydrogens is 250 g/mol. The van der Waals surface area contributed by atoms with Gasteiger partial charge in [0.2, 0.25) is 0 Å². The SMILES string of the molecule is Cc1nc(C(=O)C2CCCc3sccc32)cs1. The third-order valence-electron chi connectivity index (χ3n) is 3.24. The smallest absolute Gasteiger partial charge is 0.189 e. The maximum absolute atomic E-state index is 12.4. The Morgan fingerprint density at radius 2 is 2.35 bits per heavy atom. The van der Waals surface area contributed by atoms with Crippen molar-refractivity contribution in [2.24, 2.45) is 0 Å². The molecule has 2 nitrogen and oxygen atoms in total. The summed E-state index contributed by atoms with van der Waals surface area (Å²) in [6.07, 6.45) is 3.22. The summed E-state index contributed by atoms with van der Waals surface area (Å²) in [7, 11) is 0. The van der Waals surface area contributed by atoms with Crippen LogP contribution in [0.3, 0.4) is 0 Å². The highest BCUT2D eigenvalue weighted by Gasteiger charge is 2.29. The maximum Gasteiger partial charge on any atom is 0.189 e. The molecule has 0 fully saturated rings. The molecule has 0 bridgehead atoms. The zero-order chi connectivity index (χ0) is 11.8. The lowest BCUT2D eigenvalue weighted by molar-refractivity contribution is 0.0947. The van der Waals surface area contributed by atoms with Crippen molar-refractivity contribution in [2.75, 3.05) is 0 Å². The number of Topliss-reactive ketones (excluding diaryl/α,β-unsaturated/α-hetero) is 1. The lowest BCUT2D eigenvalue weighted by atomic mass is 9.84. The molecule has 2 heterocycles. The van der Waals surface area contributed by atoms with Gasteiger partial charge in [-0.1, -0.05) is 0 Å². The van der Waals surface area contributed by atoms with Gasteiger partial charge >= 0.3 is 0 Å². The summed E-state index contributed by atoms with van der Waals surface area (Å²) in [6, 6.07) is 2.11. The quantitative estimate of drug-likeness (QED) is 0.771. The highest BCUT2D eigenvalue weighted by atomic mass is 32.1. The van der Waals surface area contributed by atoms with E-state index in [-0.39, 0.29) is 11.7 Å². The van der Waals surface area contributed by atoms with Crippen LogP contribution in [0, 0.1) is 6.92 Å². The average Bonchev–Trinajstić information content (AvgIpc) is 2.95. The minimum atomic E-state index is 0.0477. The van der Waals surface area contributed by atoms with E-state index in [1.165, 1.54) is 10.4 Å².